The third-order valence-corrected chi connectivity index (χ3v) is 22.1. The number of nitrogens with zero attached hydrogens (tertiary/aromatic N) is 4. The van der Waals surface area contributed by atoms with Gasteiger partial charge in [-0.15, -0.1) is 0 Å². The topological polar surface area (TPSA) is 86.8 Å². The van der Waals surface area contributed by atoms with Crippen molar-refractivity contribution in [1.29, 1.82) is 0 Å². The Morgan fingerprint density at radius 3 is 0.393 bits per heavy atom. The first-order valence-electron chi connectivity index (χ1n) is 38.9. The number of anilines is 12. The van der Waals surface area contributed by atoms with Crippen molar-refractivity contribution in [3.63, 3.8) is 0 Å². The second-order valence-electron chi connectivity index (χ2n) is 28.3. The van der Waals surface area contributed by atoms with E-state index in [0.29, 0.717) is 0 Å². The molecule has 0 aliphatic rings. The van der Waals surface area contributed by atoms with E-state index in [0.717, 1.165) is 181 Å². The van der Waals surface area contributed by atoms with Crippen LogP contribution in [0.5, 0.6) is 46.0 Å². The number of hydrogen-bond acceptors (Lipinski definition) is 12. The second-order valence-corrected chi connectivity index (χ2v) is 28.3. The fraction of sp³-hybridized carbons (Fsp3) is 0.0769. The van der Waals surface area contributed by atoms with Crippen LogP contribution in [-0.2, 0) is 0 Å². The van der Waals surface area contributed by atoms with Crippen molar-refractivity contribution in [3.05, 3.63) is 388 Å². The highest BCUT2D eigenvalue weighted by Gasteiger charge is 2.33. The number of methoxy groups -OCH3 is 8. The van der Waals surface area contributed by atoms with Gasteiger partial charge in [0, 0.05) is 22.7 Å². The lowest BCUT2D eigenvalue weighted by molar-refractivity contribution is 0.412. The van der Waals surface area contributed by atoms with Gasteiger partial charge < -0.3 is 57.5 Å². The fourth-order valence-corrected chi connectivity index (χ4v) is 16.4. The van der Waals surface area contributed by atoms with Gasteiger partial charge in [-0.3, -0.25) is 0 Å². The van der Waals surface area contributed by atoms with Crippen LogP contribution < -0.4 is 79.3 Å². The zero-order valence-corrected chi connectivity index (χ0v) is 66.6. The lowest BCUT2D eigenvalue weighted by atomic mass is 9.13. The summed E-state index contributed by atoms with van der Waals surface area (Å²) in [5, 5.41) is 0. The molecule has 117 heavy (non-hydrogen) atoms. The molecular formula is C104H88BN4O8-. The van der Waals surface area contributed by atoms with Gasteiger partial charge in [0.25, 0.3) is 0 Å². The Morgan fingerprint density at radius 1 is 0.145 bits per heavy atom. The van der Waals surface area contributed by atoms with Crippen LogP contribution in [0.1, 0.15) is 0 Å². The van der Waals surface area contributed by atoms with Gasteiger partial charge in [0.2, 0.25) is 0 Å². The maximum Gasteiger partial charge on any atom is 0.142 e. The molecule has 0 bridgehead atoms. The average molecular weight is 1530 g/mol. The molecule has 12 nitrogen and oxygen atoms in total. The second kappa shape index (κ2) is 34.7. The largest absolute Gasteiger partial charge is 0.495 e. The molecule has 0 aromatic heterocycles. The number of para-hydroxylation sites is 16. The van der Waals surface area contributed by atoms with E-state index in [1.54, 1.807) is 56.9 Å². The molecule has 0 atom stereocenters. The number of hydrogen-bond donors (Lipinski definition) is 0. The van der Waals surface area contributed by atoms with Crippen molar-refractivity contribution in [2.24, 2.45) is 0 Å². The van der Waals surface area contributed by atoms with Gasteiger partial charge in [0.15, 0.2) is 0 Å². The van der Waals surface area contributed by atoms with E-state index in [1.807, 2.05) is 146 Å². The summed E-state index contributed by atoms with van der Waals surface area (Å²) in [6.45, 7) is 0. The van der Waals surface area contributed by atoms with Crippen molar-refractivity contribution in [2.75, 3.05) is 76.5 Å². The standard InChI is InChI=1S/C104H88BN4O8/c1-110-97-33-17-9-25-89(97)106(90-26-10-18-34-98(90)111-2)85-65-49-77(50-66-85)73-41-57-81(58-42-73)105(82-59-43-74(44-60-82)78-51-67-86(68-52-78)107(91-27-11-19-35-99(91)112-3)92-28-12-20-36-100(92)113-4,83-61-45-75(46-62-83)79-53-69-87(70-54-79)108(93-29-13-21-37-101(93)114-5)94-30-14-22-38-102(94)115-6)84-63-47-76(48-64-84)80-55-71-88(72-56-80)109(95-31-15-23-39-103(95)116-7)96-32-16-24-40-104(96)117-8/h9-72H,1-8H3/q-1. The van der Waals surface area contributed by atoms with Crippen LogP contribution in [0.4, 0.5) is 68.2 Å². The Balaban J connectivity index is 0.838. The summed E-state index contributed by atoms with van der Waals surface area (Å²) in [7, 11) is 13.6. The molecule has 16 rings (SSSR count). The molecule has 0 aliphatic carbocycles. The predicted octanol–water partition coefficient (Wildman–Crippen LogP) is 23.7. The summed E-state index contributed by atoms with van der Waals surface area (Å²) in [6, 6.07) is 136. The van der Waals surface area contributed by atoms with Crippen LogP contribution in [-0.4, -0.2) is 63.0 Å². The normalized spacial score (nSPS) is 11.1. The summed E-state index contributed by atoms with van der Waals surface area (Å²) in [4.78, 5) is 8.74. The Hall–Kier alpha value is -14.8. The van der Waals surface area contributed by atoms with Crippen LogP contribution in [0.2, 0.25) is 0 Å². The molecule has 0 aliphatic heterocycles. The van der Waals surface area contributed by atoms with Gasteiger partial charge in [0.1, 0.15) is 52.1 Å². The fourth-order valence-electron chi connectivity index (χ4n) is 16.4. The molecule has 0 amide bonds. The van der Waals surface area contributed by atoms with E-state index in [2.05, 4.69) is 262 Å². The van der Waals surface area contributed by atoms with E-state index in [4.69, 9.17) is 37.9 Å². The van der Waals surface area contributed by atoms with Gasteiger partial charge in [0.05, 0.1) is 102 Å². The van der Waals surface area contributed by atoms with Crippen LogP contribution in [0, 0.1) is 0 Å². The SMILES string of the molecule is COc1ccccc1N(c1ccc(-c2ccc([B-](c3ccc(-c4ccc(N(c5ccccc5OC)c5ccccc5OC)cc4)cc3)(c3ccc(-c4ccc(N(c5ccccc5OC)c5ccccc5OC)cc4)cc3)c3ccc(-c4ccc(N(c5ccccc5OC)c5ccccc5OC)cc4)cc3)cc2)cc1)c1ccccc1OC. The minimum atomic E-state index is -2.03. The van der Waals surface area contributed by atoms with E-state index >= 15 is 0 Å². The van der Waals surface area contributed by atoms with Crippen LogP contribution in [0.3, 0.4) is 0 Å². The van der Waals surface area contributed by atoms with Crippen LogP contribution in [0.15, 0.2) is 388 Å². The van der Waals surface area contributed by atoms with E-state index < -0.39 is 6.15 Å². The maximum atomic E-state index is 5.99. The summed E-state index contributed by atoms with van der Waals surface area (Å²) in [5.41, 5.74) is 23.8. The molecule has 0 spiro atoms. The lowest BCUT2D eigenvalue weighted by Crippen LogP contribution is -2.74. The molecular weight excluding hydrogens is 1440 g/mol. The molecule has 13 heteroatoms. The number of ether oxygens (including phenoxy) is 8. The number of benzene rings is 16. The third kappa shape index (κ3) is 15.0. The first-order chi connectivity index (χ1) is 57.7. The maximum absolute atomic E-state index is 5.99. The molecule has 0 N–H and O–H groups in total. The minimum Gasteiger partial charge on any atom is -0.495 e. The summed E-state index contributed by atoms with van der Waals surface area (Å²) < 4.78 is 47.9. The van der Waals surface area contributed by atoms with Crippen LogP contribution in [0.25, 0.3) is 44.5 Å². The van der Waals surface area contributed by atoms with Crippen molar-refractivity contribution < 1.29 is 37.9 Å². The Bertz CT molecular complexity index is 5130. The molecule has 0 unspecified atom stereocenters. The molecule has 0 heterocycles. The van der Waals surface area contributed by atoms with Gasteiger partial charge in [-0.1, -0.05) is 243 Å². The molecule has 0 radical (unpaired) electrons. The molecule has 16 aromatic carbocycles. The van der Waals surface area contributed by atoms with Crippen LogP contribution >= 0.6 is 0 Å². The third-order valence-electron chi connectivity index (χ3n) is 22.1. The van der Waals surface area contributed by atoms with Gasteiger partial charge in [-0.05, 0) is 190 Å². The van der Waals surface area contributed by atoms with Gasteiger partial charge >= 0.3 is 0 Å². The molecule has 0 saturated carbocycles. The summed E-state index contributed by atoms with van der Waals surface area (Å²) in [6.07, 6.45) is -2.03. The molecule has 16 aromatic rings. The molecule has 0 saturated heterocycles. The summed E-state index contributed by atoms with van der Waals surface area (Å²) >= 11 is 0. The monoisotopic (exact) mass is 1530 g/mol. The average Bonchev–Trinajstić information content (AvgIpc) is 0.725. The zero-order valence-electron chi connectivity index (χ0n) is 66.6. The highest BCUT2D eigenvalue weighted by atomic mass is 16.5. The first kappa shape index (κ1) is 76.2. The zero-order chi connectivity index (χ0) is 80.2. The van der Waals surface area contributed by atoms with E-state index in [9.17, 15) is 0 Å². The van der Waals surface area contributed by atoms with Crippen molar-refractivity contribution >= 4 is 96.2 Å². The predicted molar refractivity (Wildman–Crippen MR) is 483 cm³/mol. The molecule has 0 fully saturated rings. The van der Waals surface area contributed by atoms with Crippen molar-refractivity contribution in [1.82, 2.24) is 0 Å². The Morgan fingerprint density at radius 2 is 0.265 bits per heavy atom. The van der Waals surface area contributed by atoms with Gasteiger partial charge in [-0.2, -0.15) is 21.9 Å². The highest BCUT2D eigenvalue weighted by Crippen LogP contribution is 2.49. The highest BCUT2D eigenvalue weighted by molar-refractivity contribution is 7.20. The van der Waals surface area contributed by atoms with E-state index in [1.165, 1.54) is 0 Å². The van der Waals surface area contributed by atoms with Gasteiger partial charge in [-0.25, -0.2) is 0 Å². The lowest BCUT2D eigenvalue weighted by Gasteiger charge is -2.44. The quantitative estimate of drug-likeness (QED) is 0.0438. The van der Waals surface area contributed by atoms with Crippen molar-refractivity contribution in [3.8, 4) is 90.5 Å². The van der Waals surface area contributed by atoms with Crippen molar-refractivity contribution in [2.45, 2.75) is 0 Å². The molecule has 576 valence electrons. The Kier molecular flexibility index (Phi) is 22.6. The van der Waals surface area contributed by atoms with E-state index in [-0.39, 0.29) is 0 Å². The minimum absolute atomic E-state index is 0.735. The summed E-state index contributed by atoms with van der Waals surface area (Å²) in [5.74, 6) is 5.88. The number of rotatable bonds is 28. The first-order valence-corrected chi connectivity index (χ1v) is 38.9. The smallest absolute Gasteiger partial charge is 0.142 e. The Labute approximate surface area is 685 Å².